The molecule has 4 rings (SSSR count). The Labute approximate surface area is 263 Å². The quantitative estimate of drug-likeness (QED) is 0.0925. The molecule has 6 nitrogen and oxygen atoms in total. The molecule has 4 aromatic rings. The lowest BCUT2D eigenvalue weighted by Crippen LogP contribution is -2.11. The van der Waals surface area contributed by atoms with Gasteiger partial charge in [-0.15, -0.1) is 0 Å². The Kier molecular flexibility index (Phi) is 13.4. The van der Waals surface area contributed by atoms with Crippen molar-refractivity contribution < 1.29 is 22.6 Å². The minimum Gasteiger partial charge on any atom is -0.497 e. The summed E-state index contributed by atoms with van der Waals surface area (Å²) in [5.74, 6) is 1.31. The van der Waals surface area contributed by atoms with E-state index in [2.05, 4.69) is 30.3 Å². The Balaban J connectivity index is 1.15. The third-order valence-electron chi connectivity index (χ3n) is 7.94. The fourth-order valence-corrected chi connectivity index (χ4v) is 6.76. The molecule has 0 radical (unpaired) electrons. The number of hydrogen-bond donors (Lipinski definition) is 0. The number of ether oxygens (including phenoxy) is 3. The van der Waals surface area contributed by atoms with Crippen LogP contribution in [-0.2, 0) is 21.4 Å². The van der Waals surface area contributed by atoms with Crippen molar-refractivity contribution in [2.24, 2.45) is 0 Å². The van der Waals surface area contributed by atoms with E-state index in [1.807, 2.05) is 18.2 Å². The van der Waals surface area contributed by atoms with Gasteiger partial charge in [-0.3, -0.25) is 0 Å². The van der Waals surface area contributed by atoms with E-state index in [1.165, 1.54) is 60.9 Å². The maximum Gasteiger partial charge on any atom is 0.268 e. The van der Waals surface area contributed by atoms with Crippen LogP contribution in [0.3, 0.4) is 0 Å². The monoisotopic (exact) mass is 617 g/mol. The summed E-state index contributed by atoms with van der Waals surface area (Å²) < 4.78 is 44.8. The summed E-state index contributed by atoms with van der Waals surface area (Å²) in [4.78, 5) is 0.214. The molecule has 0 aliphatic rings. The SMILES string of the molecule is COc1ccc(S(=O)(=O)n2cc(/C=C\CCCCCCCCCCCCOCc3ccccc3)c3cc(OC)ccc32)cc1. The molecule has 0 saturated heterocycles. The third-order valence-corrected chi connectivity index (χ3v) is 9.63. The van der Waals surface area contributed by atoms with Crippen LogP contribution in [0.15, 0.2) is 90.0 Å². The van der Waals surface area contributed by atoms with E-state index < -0.39 is 10.0 Å². The number of fused-ring (bicyclic) bond motifs is 1. The van der Waals surface area contributed by atoms with Gasteiger partial charge >= 0.3 is 0 Å². The van der Waals surface area contributed by atoms with E-state index in [0.29, 0.717) is 23.6 Å². The molecule has 44 heavy (non-hydrogen) atoms. The fraction of sp³-hybridized carbons (Fsp3) is 0.405. The minimum absolute atomic E-state index is 0.214. The molecular formula is C37H47NO5S. The van der Waals surface area contributed by atoms with E-state index in [-0.39, 0.29) is 4.90 Å². The molecule has 0 aliphatic carbocycles. The summed E-state index contributed by atoms with van der Waals surface area (Å²) in [6.07, 6.45) is 19.4. The van der Waals surface area contributed by atoms with Crippen LogP contribution in [0.1, 0.15) is 81.8 Å². The number of unbranched alkanes of at least 4 members (excludes halogenated alkanes) is 10. The number of allylic oxidation sites excluding steroid dienone is 1. The summed E-state index contributed by atoms with van der Waals surface area (Å²) in [5, 5.41) is 0.845. The predicted octanol–water partition coefficient (Wildman–Crippen LogP) is 9.42. The average Bonchev–Trinajstić information content (AvgIpc) is 3.43. The Morgan fingerprint density at radius 3 is 1.98 bits per heavy atom. The lowest BCUT2D eigenvalue weighted by Gasteiger charge is -2.08. The topological polar surface area (TPSA) is 66.8 Å². The van der Waals surface area contributed by atoms with Crippen LogP contribution in [-0.4, -0.2) is 33.2 Å². The van der Waals surface area contributed by atoms with Crippen LogP contribution >= 0.6 is 0 Å². The van der Waals surface area contributed by atoms with Crippen LogP contribution in [0.25, 0.3) is 17.0 Å². The van der Waals surface area contributed by atoms with Crippen molar-refractivity contribution in [3.63, 3.8) is 0 Å². The lowest BCUT2D eigenvalue weighted by molar-refractivity contribution is 0.116. The highest BCUT2D eigenvalue weighted by Gasteiger charge is 2.21. The van der Waals surface area contributed by atoms with Crippen molar-refractivity contribution in [1.29, 1.82) is 0 Å². The Morgan fingerprint density at radius 2 is 1.32 bits per heavy atom. The zero-order valence-corrected chi connectivity index (χ0v) is 27.1. The molecule has 0 atom stereocenters. The number of benzene rings is 3. The molecule has 7 heteroatoms. The van der Waals surface area contributed by atoms with Gasteiger partial charge < -0.3 is 14.2 Å². The molecule has 0 fully saturated rings. The van der Waals surface area contributed by atoms with Gasteiger partial charge in [0.1, 0.15) is 11.5 Å². The molecule has 1 aromatic heterocycles. The van der Waals surface area contributed by atoms with Crippen LogP contribution in [0, 0.1) is 0 Å². The maximum absolute atomic E-state index is 13.5. The molecule has 236 valence electrons. The first-order valence-electron chi connectivity index (χ1n) is 15.9. The van der Waals surface area contributed by atoms with Crippen molar-refractivity contribution in [3.05, 3.63) is 96.2 Å². The van der Waals surface area contributed by atoms with Gasteiger partial charge in [-0.25, -0.2) is 12.4 Å². The maximum atomic E-state index is 13.5. The zero-order chi connectivity index (χ0) is 31.0. The molecule has 0 unspecified atom stereocenters. The fourth-order valence-electron chi connectivity index (χ4n) is 5.38. The largest absolute Gasteiger partial charge is 0.497 e. The molecule has 0 spiro atoms. The second-order valence-corrected chi connectivity index (χ2v) is 13.0. The van der Waals surface area contributed by atoms with Gasteiger partial charge in [-0.1, -0.05) is 93.9 Å². The van der Waals surface area contributed by atoms with Crippen molar-refractivity contribution in [2.45, 2.75) is 82.1 Å². The highest BCUT2D eigenvalue weighted by Crippen LogP contribution is 2.30. The normalized spacial score (nSPS) is 11.9. The van der Waals surface area contributed by atoms with Gasteiger partial charge in [0.2, 0.25) is 0 Å². The van der Waals surface area contributed by atoms with Gasteiger partial charge in [-0.2, -0.15) is 0 Å². The molecule has 1 heterocycles. The van der Waals surface area contributed by atoms with Gasteiger partial charge in [0.25, 0.3) is 10.0 Å². The molecule has 0 aliphatic heterocycles. The van der Waals surface area contributed by atoms with Crippen molar-refractivity contribution >= 4 is 27.0 Å². The predicted molar refractivity (Wildman–Crippen MR) is 180 cm³/mol. The van der Waals surface area contributed by atoms with Crippen LogP contribution < -0.4 is 9.47 Å². The Bertz CT molecular complexity index is 1540. The standard InChI is InChI=1S/C37H47NO5S/c1-41-33-21-24-35(25-22-33)44(39,40)38-29-32(36-28-34(42-2)23-26-37(36)38)20-16-11-9-7-5-3-4-6-8-10-12-17-27-43-30-31-18-14-13-15-19-31/h13-16,18-26,28-29H,3-12,17,27,30H2,1-2H3/b20-16-. The highest BCUT2D eigenvalue weighted by molar-refractivity contribution is 7.90. The smallest absolute Gasteiger partial charge is 0.268 e. The van der Waals surface area contributed by atoms with Gasteiger partial charge in [0, 0.05) is 23.8 Å². The number of aromatic nitrogens is 1. The first-order chi connectivity index (χ1) is 21.5. The van der Waals surface area contributed by atoms with Crippen LogP contribution in [0.5, 0.6) is 11.5 Å². The van der Waals surface area contributed by atoms with Crippen LogP contribution in [0.2, 0.25) is 0 Å². The van der Waals surface area contributed by atoms with E-state index in [9.17, 15) is 8.42 Å². The molecule has 3 aromatic carbocycles. The summed E-state index contributed by atoms with van der Waals surface area (Å²) >= 11 is 0. The van der Waals surface area contributed by atoms with E-state index in [4.69, 9.17) is 14.2 Å². The van der Waals surface area contributed by atoms with E-state index >= 15 is 0 Å². The summed E-state index contributed by atoms with van der Waals surface area (Å²) in [6, 6.07) is 22.3. The van der Waals surface area contributed by atoms with Gasteiger partial charge in [0.05, 0.1) is 31.2 Å². The average molecular weight is 618 g/mol. The van der Waals surface area contributed by atoms with Gasteiger partial charge in [-0.05, 0) is 67.3 Å². The molecular weight excluding hydrogens is 570 g/mol. The van der Waals surface area contributed by atoms with E-state index in [0.717, 1.165) is 36.8 Å². The van der Waals surface area contributed by atoms with E-state index in [1.54, 1.807) is 56.8 Å². The second-order valence-electron chi connectivity index (χ2n) is 11.2. The number of hydrogen-bond acceptors (Lipinski definition) is 5. The van der Waals surface area contributed by atoms with Crippen molar-refractivity contribution in [1.82, 2.24) is 3.97 Å². The lowest BCUT2D eigenvalue weighted by atomic mass is 10.1. The van der Waals surface area contributed by atoms with Gasteiger partial charge in [0.15, 0.2) is 0 Å². The number of methoxy groups -OCH3 is 2. The molecule has 0 bridgehead atoms. The first kappa shape index (κ1) is 33.3. The summed E-state index contributed by atoms with van der Waals surface area (Å²) in [6.45, 7) is 1.56. The highest BCUT2D eigenvalue weighted by atomic mass is 32.2. The second kappa shape index (κ2) is 17.7. The molecule has 0 N–H and O–H groups in total. The molecule has 0 saturated carbocycles. The van der Waals surface area contributed by atoms with Crippen molar-refractivity contribution in [3.8, 4) is 11.5 Å². The number of rotatable bonds is 20. The zero-order valence-electron chi connectivity index (χ0n) is 26.2. The van der Waals surface area contributed by atoms with Crippen molar-refractivity contribution in [2.75, 3.05) is 20.8 Å². The summed E-state index contributed by atoms with van der Waals surface area (Å²) in [5.41, 5.74) is 2.73. The Morgan fingerprint density at radius 1 is 0.705 bits per heavy atom. The Hall–Kier alpha value is -3.55. The van der Waals surface area contributed by atoms with Crippen LogP contribution in [0.4, 0.5) is 0 Å². The number of nitrogens with zero attached hydrogens (tertiary/aromatic N) is 1. The first-order valence-corrected chi connectivity index (χ1v) is 17.3. The molecule has 0 amide bonds. The third kappa shape index (κ3) is 9.73. The minimum atomic E-state index is -3.78. The summed E-state index contributed by atoms with van der Waals surface area (Å²) in [7, 11) is -0.601.